The predicted octanol–water partition coefficient (Wildman–Crippen LogP) is -0.0555. The molecule has 7 nitrogen and oxygen atoms in total. The average Bonchev–Trinajstić information content (AvgIpc) is 2.74. The van der Waals surface area contributed by atoms with Gasteiger partial charge >= 0.3 is 5.97 Å². The lowest BCUT2D eigenvalue weighted by atomic mass is 10.3. The van der Waals surface area contributed by atoms with Gasteiger partial charge in [-0.3, -0.25) is 4.79 Å². The van der Waals surface area contributed by atoms with Gasteiger partial charge in [0.05, 0.1) is 0 Å². The normalized spacial score (nSPS) is 10.4. The molecule has 2 rings (SSSR count). The van der Waals surface area contributed by atoms with Crippen LogP contribution in [0.4, 0.5) is 5.13 Å². The van der Waals surface area contributed by atoms with Crippen LogP contribution in [-0.2, 0) is 11.3 Å². The van der Waals surface area contributed by atoms with Gasteiger partial charge in [0.2, 0.25) is 5.13 Å². The lowest BCUT2D eigenvalue weighted by Gasteiger charge is -1.93. The summed E-state index contributed by atoms with van der Waals surface area (Å²) >= 11 is 1.28. The summed E-state index contributed by atoms with van der Waals surface area (Å²) in [5.74, 6) is -0.847. The van der Waals surface area contributed by atoms with Crippen molar-refractivity contribution in [3.63, 3.8) is 0 Å². The number of carboxylic acids is 1. The standard InChI is InChI=1S/C9H9N5O2S/c10-9-13-12-8(17-9)6-1-3-14(11-5-6)4-2-7(15)16/h1,3,5,10H,2,4H2,(H,15,16)/p+1. The number of aliphatic carboxylic acids is 1. The molecule has 0 aliphatic carbocycles. The minimum Gasteiger partial charge on any atom is -0.481 e. The Morgan fingerprint density at radius 3 is 2.88 bits per heavy atom. The number of carbonyl (C=O) groups is 1. The average molecular weight is 252 g/mol. The van der Waals surface area contributed by atoms with Crippen LogP contribution in [-0.4, -0.2) is 26.4 Å². The molecule has 0 atom stereocenters. The van der Waals surface area contributed by atoms with Crippen molar-refractivity contribution in [1.82, 2.24) is 15.3 Å². The Balaban J connectivity index is 2.10. The van der Waals surface area contributed by atoms with Crippen molar-refractivity contribution in [3.05, 3.63) is 18.5 Å². The molecule has 0 aliphatic heterocycles. The number of aromatic nitrogens is 4. The van der Waals surface area contributed by atoms with Crippen LogP contribution >= 0.6 is 11.3 Å². The fourth-order valence-electron chi connectivity index (χ4n) is 1.20. The van der Waals surface area contributed by atoms with Crippen LogP contribution < -0.4 is 10.4 Å². The van der Waals surface area contributed by atoms with Gasteiger partial charge in [0.1, 0.15) is 12.6 Å². The number of hydrogen-bond acceptors (Lipinski definition) is 6. The van der Waals surface area contributed by atoms with E-state index in [0.29, 0.717) is 16.7 Å². The van der Waals surface area contributed by atoms with E-state index in [1.165, 1.54) is 11.3 Å². The van der Waals surface area contributed by atoms with Gasteiger partial charge < -0.3 is 10.8 Å². The number of nitrogens with zero attached hydrogens (tertiary/aromatic N) is 4. The zero-order chi connectivity index (χ0) is 12.3. The quantitative estimate of drug-likeness (QED) is 0.739. The highest BCUT2D eigenvalue weighted by Gasteiger charge is 2.09. The summed E-state index contributed by atoms with van der Waals surface area (Å²) in [6.07, 6.45) is 3.36. The molecule has 0 aromatic carbocycles. The topological polar surface area (TPSA) is 106 Å². The van der Waals surface area contributed by atoms with Gasteiger partial charge in [-0.1, -0.05) is 16.0 Å². The molecular weight excluding hydrogens is 242 g/mol. The van der Waals surface area contributed by atoms with E-state index in [0.717, 1.165) is 5.56 Å². The van der Waals surface area contributed by atoms with E-state index in [4.69, 9.17) is 10.8 Å². The molecule has 0 saturated heterocycles. The van der Waals surface area contributed by atoms with Crippen LogP contribution in [0.15, 0.2) is 18.5 Å². The fraction of sp³-hybridized carbons (Fsp3) is 0.222. The number of anilines is 1. The summed E-state index contributed by atoms with van der Waals surface area (Å²) in [6, 6.07) is 1.80. The van der Waals surface area contributed by atoms with E-state index in [1.807, 2.05) is 0 Å². The first-order valence-electron chi connectivity index (χ1n) is 4.82. The maximum absolute atomic E-state index is 10.4. The first-order valence-corrected chi connectivity index (χ1v) is 5.64. The number of hydrogen-bond donors (Lipinski definition) is 2. The number of nitrogen functional groups attached to an aromatic ring is 1. The smallest absolute Gasteiger partial charge is 0.309 e. The molecule has 0 saturated carbocycles. The third-order valence-corrected chi connectivity index (χ3v) is 2.82. The lowest BCUT2D eigenvalue weighted by molar-refractivity contribution is -0.752. The van der Waals surface area contributed by atoms with E-state index in [1.54, 1.807) is 23.1 Å². The van der Waals surface area contributed by atoms with Crippen molar-refractivity contribution < 1.29 is 14.6 Å². The van der Waals surface area contributed by atoms with Crippen LogP contribution in [0.2, 0.25) is 0 Å². The Morgan fingerprint density at radius 1 is 1.53 bits per heavy atom. The number of nitrogens with two attached hydrogens (primary N) is 1. The molecule has 0 spiro atoms. The maximum atomic E-state index is 10.4. The third kappa shape index (κ3) is 2.94. The molecule has 0 fully saturated rings. The SMILES string of the molecule is Nc1nnc(-c2cc[n+](CCC(=O)O)nc2)s1. The molecule has 88 valence electrons. The maximum Gasteiger partial charge on any atom is 0.309 e. The molecule has 0 aliphatic rings. The zero-order valence-electron chi connectivity index (χ0n) is 8.78. The van der Waals surface area contributed by atoms with Gasteiger partial charge in [-0.15, -0.1) is 10.2 Å². The second-order valence-corrected chi connectivity index (χ2v) is 4.28. The van der Waals surface area contributed by atoms with Gasteiger partial charge in [0, 0.05) is 11.6 Å². The first kappa shape index (κ1) is 11.4. The van der Waals surface area contributed by atoms with E-state index >= 15 is 0 Å². The first-order chi connectivity index (χ1) is 8.15. The predicted molar refractivity (Wildman–Crippen MR) is 60.0 cm³/mol. The van der Waals surface area contributed by atoms with Crippen LogP contribution in [0.5, 0.6) is 0 Å². The zero-order valence-corrected chi connectivity index (χ0v) is 9.59. The minimum absolute atomic E-state index is 0.0444. The van der Waals surface area contributed by atoms with Crippen LogP contribution in [0.3, 0.4) is 0 Å². The Kier molecular flexibility index (Phi) is 3.24. The van der Waals surface area contributed by atoms with Crippen molar-refractivity contribution in [2.45, 2.75) is 13.0 Å². The number of carboxylic acid groups (broad SMARTS) is 1. The van der Waals surface area contributed by atoms with Gasteiger partial charge in [0.15, 0.2) is 17.7 Å². The fourth-order valence-corrected chi connectivity index (χ4v) is 1.80. The van der Waals surface area contributed by atoms with Crippen molar-refractivity contribution in [1.29, 1.82) is 0 Å². The molecule has 2 aromatic rings. The minimum atomic E-state index is -0.847. The molecule has 0 radical (unpaired) electrons. The summed E-state index contributed by atoms with van der Waals surface area (Å²) in [6.45, 7) is 0.341. The van der Waals surface area contributed by atoms with Crippen molar-refractivity contribution in [2.24, 2.45) is 0 Å². The molecule has 2 aromatic heterocycles. The molecule has 0 bridgehead atoms. The number of aryl methyl sites for hydroxylation is 1. The highest BCUT2D eigenvalue weighted by molar-refractivity contribution is 7.18. The van der Waals surface area contributed by atoms with Crippen molar-refractivity contribution >= 4 is 22.4 Å². The van der Waals surface area contributed by atoms with Crippen LogP contribution in [0.1, 0.15) is 6.42 Å². The van der Waals surface area contributed by atoms with Crippen LogP contribution in [0.25, 0.3) is 10.6 Å². The van der Waals surface area contributed by atoms with E-state index in [2.05, 4.69) is 15.3 Å². The van der Waals surface area contributed by atoms with Crippen molar-refractivity contribution in [2.75, 3.05) is 5.73 Å². The summed E-state index contributed by atoms with van der Waals surface area (Å²) < 4.78 is 1.56. The van der Waals surface area contributed by atoms with E-state index in [-0.39, 0.29) is 6.42 Å². The summed E-state index contributed by atoms with van der Waals surface area (Å²) in [7, 11) is 0. The highest BCUT2D eigenvalue weighted by atomic mass is 32.1. The van der Waals surface area contributed by atoms with Crippen molar-refractivity contribution in [3.8, 4) is 10.6 Å². The molecule has 2 heterocycles. The van der Waals surface area contributed by atoms with Gasteiger partial charge in [0.25, 0.3) is 0 Å². The molecule has 0 unspecified atom stereocenters. The van der Waals surface area contributed by atoms with Gasteiger partial charge in [-0.2, -0.15) is 0 Å². The molecule has 17 heavy (non-hydrogen) atoms. The molecule has 3 N–H and O–H groups in total. The second-order valence-electron chi connectivity index (χ2n) is 3.27. The summed E-state index contributed by atoms with van der Waals surface area (Å²) in [5, 5.41) is 21.3. The van der Waals surface area contributed by atoms with Gasteiger partial charge in [-0.25, -0.2) is 0 Å². The Hall–Kier alpha value is -2.09. The van der Waals surface area contributed by atoms with E-state index in [9.17, 15) is 4.79 Å². The second kappa shape index (κ2) is 4.83. The number of rotatable bonds is 4. The summed E-state index contributed by atoms with van der Waals surface area (Å²) in [4.78, 5) is 10.4. The monoisotopic (exact) mass is 252 g/mol. The molecular formula is C9H10N5O2S+. The van der Waals surface area contributed by atoms with E-state index < -0.39 is 5.97 Å². The Bertz CT molecular complexity index is 524. The molecule has 8 heteroatoms. The van der Waals surface area contributed by atoms with Crippen LogP contribution in [0, 0.1) is 0 Å². The Morgan fingerprint density at radius 2 is 2.35 bits per heavy atom. The molecule has 0 amide bonds. The lowest BCUT2D eigenvalue weighted by Crippen LogP contribution is -2.38. The largest absolute Gasteiger partial charge is 0.481 e. The van der Waals surface area contributed by atoms with Gasteiger partial charge in [-0.05, 0) is 5.10 Å². The highest BCUT2D eigenvalue weighted by Crippen LogP contribution is 2.22. The Labute approximate surface area is 101 Å². The summed E-state index contributed by atoms with van der Waals surface area (Å²) in [5.41, 5.74) is 6.29. The third-order valence-electron chi connectivity index (χ3n) is 2.01.